The van der Waals surface area contributed by atoms with E-state index in [4.69, 9.17) is 14.6 Å². The SMILES string of the molecule is COc1cc(/C=C2/C(=O)NN(c3ccc(C)cc3)C2=O)ccc1OCC(=O)O. The van der Waals surface area contributed by atoms with E-state index in [-0.39, 0.29) is 17.1 Å². The molecule has 1 fully saturated rings. The van der Waals surface area contributed by atoms with Crippen LogP contribution in [0.1, 0.15) is 11.1 Å². The number of carbonyl (C=O) groups is 3. The van der Waals surface area contributed by atoms with Crippen LogP contribution in [0.5, 0.6) is 11.5 Å². The van der Waals surface area contributed by atoms with E-state index in [0.717, 1.165) is 5.56 Å². The Morgan fingerprint density at radius 1 is 1.14 bits per heavy atom. The van der Waals surface area contributed by atoms with E-state index in [2.05, 4.69) is 5.43 Å². The Morgan fingerprint density at radius 2 is 1.86 bits per heavy atom. The lowest BCUT2D eigenvalue weighted by atomic mass is 10.1. The lowest BCUT2D eigenvalue weighted by Gasteiger charge is -2.14. The van der Waals surface area contributed by atoms with Crippen molar-refractivity contribution >= 4 is 29.5 Å². The van der Waals surface area contributed by atoms with E-state index in [1.54, 1.807) is 24.3 Å². The zero-order valence-electron chi connectivity index (χ0n) is 15.3. The fraction of sp³-hybridized carbons (Fsp3) is 0.150. The summed E-state index contributed by atoms with van der Waals surface area (Å²) < 4.78 is 10.3. The Morgan fingerprint density at radius 3 is 2.50 bits per heavy atom. The van der Waals surface area contributed by atoms with Crippen molar-refractivity contribution in [2.24, 2.45) is 0 Å². The Hall–Kier alpha value is -3.81. The van der Waals surface area contributed by atoms with E-state index >= 15 is 0 Å². The first-order chi connectivity index (χ1) is 13.4. The number of rotatable bonds is 6. The van der Waals surface area contributed by atoms with Crippen LogP contribution in [0.3, 0.4) is 0 Å². The highest BCUT2D eigenvalue weighted by atomic mass is 16.5. The minimum absolute atomic E-state index is 0.0261. The summed E-state index contributed by atoms with van der Waals surface area (Å²) in [6, 6.07) is 11.8. The van der Waals surface area contributed by atoms with Crippen LogP contribution in [0, 0.1) is 6.92 Å². The Labute approximate surface area is 160 Å². The third-order valence-electron chi connectivity index (χ3n) is 4.03. The predicted molar refractivity (Wildman–Crippen MR) is 101 cm³/mol. The van der Waals surface area contributed by atoms with Crippen LogP contribution in [0.4, 0.5) is 5.69 Å². The number of carboxylic acids is 1. The largest absolute Gasteiger partial charge is 0.493 e. The van der Waals surface area contributed by atoms with Gasteiger partial charge >= 0.3 is 5.97 Å². The van der Waals surface area contributed by atoms with E-state index in [1.807, 2.05) is 19.1 Å². The van der Waals surface area contributed by atoms with Gasteiger partial charge in [-0.15, -0.1) is 0 Å². The number of anilines is 1. The number of hydrogen-bond acceptors (Lipinski definition) is 5. The van der Waals surface area contributed by atoms with Gasteiger partial charge in [0, 0.05) is 0 Å². The van der Waals surface area contributed by atoms with Gasteiger partial charge in [0.2, 0.25) is 0 Å². The second-order valence-corrected chi connectivity index (χ2v) is 6.07. The van der Waals surface area contributed by atoms with Crippen molar-refractivity contribution in [1.29, 1.82) is 0 Å². The molecule has 0 unspecified atom stereocenters. The van der Waals surface area contributed by atoms with Gasteiger partial charge in [-0.05, 0) is 42.8 Å². The van der Waals surface area contributed by atoms with E-state index < -0.39 is 24.4 Å². The number of aliphatic carboxylic acids is 1. The number of benzene rings is 2. The maximum Gasteiger partial charge on any atom is 0.341 e. The van der Waals surface area contributed by atoms with Gasteiger partial charge in [0.25, 0.3) is 11.8 Å². The van der Waals surface area contributed by atoms with Gasteiger partial charge in [0.05, 0.1) is 12.8 Å². The van der Waals surface area contributed by atoms with Crippen LogP contribution >= 0.6 is 0 Å². The summed E-state index contributed by atoms with van der Waals surface area (Å²) in [4.78, 5) is 35.6. The van der Waals surface area contributed by atoms with Crippen molar-refractivity contribution in [3.8, 4) is 11.5 Å². The third kappa shape index (κ3) is 3.96. The summed E-state index contributed by atoms with van der Waals surface area (Å²) in [7, 11) is 1.41. The molecule has 1 heterocycles. The van der Waals surface area contributed by atoms with Gasteiger partial charge in [-0.1, -0.05) is 23.8 Å². The van der Waals surface area contributed by atoms with Crippen LogP contribution < -0.4 is 19.9 Å². The Bertz CT molecular complexity index is 965. The van der Waals surface area contributed by atoms with Gasteiger partial charge in [0.15, 0.2) is 18.1 Å². The molecule has 28 heavy (non-hydrogen) atoms. The van der Waals surface area contributed by atoms with Crippen molar-refractivity contribution in [2.45, 2.75) is 6.92 Å². The predicted octanol–water partition coefficient (Wildman–Crippen LogP) is 1.93. The quantitative estimate of drug-likeness (QED) is 0.584. The minimum atomic E-state index is -1.11. The topological polar surface area (TPSA) is 105 Å². The van der Waals surface area contributed by atoms with Crippen LogP contribution in [-0.4, -0.2) is 36.6 Å². The average Bonchev–Trinajstić information content (AvgIpc) is 2.95. The lowest BCUT2D eigenvalue weighted by Crippen LogP contribution is -2.35. The smallest absolute Gasteiger partial charge is 0.341 e. The molecule has 144 valence electrons. The molecule has 2 amide bonds. The fourth-order valence-electron chi connectivity index (χ4n) is 2.63. The minimum Gasteiger partial charge on any atom is -0.493 e. The molecule has 1 aliphatic rings. The zero-order valence-corrected chi connectivity index (χ0v) is 15.3. The van der Waals surface area contributed by atoms with Crippen molar-refractivity contribution in [2.75, 3.05) is 18.7 Å². The Balaban J connectivity index is 1.86. The number of methoxy groups -OCH3 is 1. The normalized spacial score (nSPS) is 14.9. The molecule has 0 radical (unpaired) electrons. The monoisotopic (exact) mass is 382 g/mol. The molecule has 2 N–H and O–H groups in total. The molecule has 2 aromatic carbocycles. The summed E-state index contributed by atoms with van der Waals surface area (Å²) in [5.41, 5.74) is 4.64. The molecule has 0 aromatic heterocycles. The molecular weight excluding hydrogens is 364 g/mol. The van der Waals surface area contributed by atoms with Gasteiger partial charge < -0.3 is 14.6 Å². The zero-order chi connectivity index (χ0) is 20.3. The van der Waals surface area contributed by atoms with Gasteiger partial charge in [-0.3, -0.25) is 15.0 Å². The highest BCUT2D eigenvalue weighted by molar-refractivity contribution is 6.31. The van der Waals surface area contributed by atoms with Crippen molar-refractivity contribution in [3.63, 3.8) is 0 Å². The van der Waals surface area contributed by atoms with Crippen LogP contribution in [0.2, 0.25) is 0 Å². The summed E-state index contributed by atoms with van der Waals surface area (Å²) in [6.07, 6.45) is 1.44. The first-order valence-corrected chi connectivity index (χ1v) is 8.35. The lowest BCUT2D eigenvalue weighted by molar-refractivity contribution is -0.139. The number of nitrogens with one attached hydrogen (secondary N) is 1. The fourth-order valence-corrected chi connectivity index (χ4v) is 2.63. The van der Waals surface area contributed by atoms with Crippen LogP contribution in [0.25, 0.3) is 6.08 Å². The molecule has 1 aliphatic heterocycles. The van der Waals surface area contributed by atoms with E-state index in [1.165, 1.54) is 24.3 Å². The molecular formula is C20H18N2O6. The molecule has 1 saturated heterocycles. The summed E-state index contributed by atoms with van der Waals surface area (Å²) in [5, 5.41) is 9.90. The van der Waals surface area contributed by atoms with Crippen LogP contribution in [-0.2, 0) is 14.4 Å². The highest BCUT2D eigenvalue weighted by Gasteiger charge is 2.34. The number of hydrogen-bond donors (Lipinski definition) is 2. The standard InChI is InChI=1S/C20H18N2O6/c1-12-3-6-14(7-4-12)22-20(26)15(19(25)21-22)9-13-5-8-16(17(10-13)27-2)28-11-18(23)24/h3-10H,11H2,1-2H3,(H,21,25)(H,23,24)/b15-9-. The summed E-state index contributed by atoms with van der Waals surface area (Å²) >= 11 is 0. The van der Waals surface area contributed by atoms with E-state index in [0.29, 0.717) is 11.3 Å². The number of nitrogens with zero attached hydrogens (tertiary/aromatic N) is 1. The number of amides is 2. The van der Waals surface area contributed by atoms with Gasteiger partial charge in [-0.2, -0.15) is 0 Å². The maximum atomic E-state index is 12.7. The number of carboxylic acid groups (broad SMARTS) is 1. The highest BCUT2D eigenvalue weighted by Crippen LogP contribution is 2.30. The Kier molecular flexibility index (Phi) is 5.30. The maximum absolute atomic E-state index is 12.7. The molecule has 0 atom stereocenters. The summed E-state index contributed by atoms with van der Waals surface area (Å²) in [6.45, 7) is 1.42. The van der Waals surface area contributed by atoms with E-state index in [9.17, 15) is 14.4 Å². The molecule has 2 aromatic rings. The molecule has 0 aliphatic carbocycles. The second kappa shape index (κ2) is 7.83. The molecule has 8 heteroatoms. The first kappa shape index (κ1) is 19.0. The second-order valence-electron chi connectivity index (χ2n) is 6.07. The van der Waals surface area contributed by atoms with Crippen molar-refractivity contribution in [3.05, 3.63) is 59.2 Å². The number of carbonyl (C=O) groups excluding carboxylic acids is 2. The molecule has 0 spiro atoms. The number of aryl methyl sites for hydroxylation is 1. The number of hydrazine groups is 1. The van der Waals surface area contributed by atoms with Crippen molar-refractivity contribution in [1.82, 2.24) is 5.43 Å². The molecule has 0 saturated carbocycles. The average molecular weight is 382 g/mol. The summed E-state index contributed by atoms with van der Waals surface area (Å²) in [5.74, 6) is -1.57. The van der Waals surface area contributed by atoms with Crippen LogP contribution in [0.15, 0.2) is 48.0 Å². The number of ether oxygens (including phenoxy) is 2. The first-order valence-electron chi connectivity index (χ1n) is 8.35. The van der Waals surface area contributed by atoms with Gasteiger partial charge in [0.1, 0.15) is 5.57 Å². The molecule has 3 rings (SSSR count). The third-order valence-corrected chi connectivity index (χ3v) is 4.03. The molecule has 0 bridgehead atoms. The molecule has 8 nitrogen and oxygen atoms in total. The van der Waals surface area contributed by atoms with Gasteiger partial charge in [-0.25, -0.2) is 9.80 Å². The van der Waals surface area contributed by atoms with Crippen molar-refractivity contribution < 1.29 is 29.0 Å².